The van der Waals surface area contributed by atoms with E-state index in [1.807, 2.05) is 18.2 Å². The van der Waals surface area contributed by atoms with E-state index in [1.165, 1.54) is 0 Å². The molecule has 112 valence electrons. The molecular weight excluding hydrogens is 270 g/mol. The standard InChI is InChI=1S/C16H19NO4/c1-17(13-8-12(9-13)16(19)20)15(18)7-10-2-3-14-11(6-10)4-5-21-14/h2-3,6,12-13H,4-5,7-9H2,1H3,(H,19,20). The number of carboxylic acids is 1. The number of carbonyl (C=O) groups is 2. The summed E-state index contributed by atoms with van der Waals surface area (Å²) in [5.74, 6) is -0.0846. The van der Waals surface area contributed by atoms with E-state index in [0.29, 0.717) is 25.9 Å². The molecule has 5 nitrogen and oxygen atoms in total. The number of ether oxygens (including phenoxy) is 1. The van der Waals surface area contributed by atoms with E-state index in [1.54, 1.807) is 11.9 Å². The number of carboxylic acid groups (broad SMARTS) is 1. The van der Waals surface area contributed by atoms with Gasteiger partial charge in [0.1, 0.15) is 5.75 Å². The van der Waals surface area contributed by atoms with Gasteiger partial charge in [-0.05, 0) is 30.0 Å². The molecule has 1 aromatic carbocycles. The number of aliphatic carboxylic acids is 1. The summed E-state index contributed by atoms with van der Waals surface area (Å²) in [4.78, 5) is 24.8. The molecule has 1 fully saturated rings. The van der Waals surface area contributed by atoms with Gasteiger partial charge >= 0.3 is 5.97 Å². The number of rotatable bonds is 4. The van der Waals surface area contributed by atoms with Gasteiger partial charge in [-0.15, -0.1) is 0 Å². The molecule has 5 heteroatoms. The highest BCUT2D eigenvalue weighted by Crippen LogP contribution is 2.32. The van der Waals surface area contributed by atoms with Crippen LogP contribution in [0.3, 0.4) is 0 Å². The average molecular weight is 289 g/mol. The molecule has 0 unspecified atom stereocenters. The van der Waals surface area contributed by atoms with Gasteiger partial charge in [-0.2, -0.15) is 0 Å². The molecule has 1 heterocycles. The van der Waals surface area contributed by atoms with Crippen LogP contribution in [0.4, 0.5) is 0 Å². The molecule has 0 bridgehead atoms. The molecular formula is C16H19NO4. The van der Waals surface area contributed by atoms with E-state index in [0.717, 1.165) is 23.3 Å². The number of amides is 1. The fourth-order valence-electron chi connectivity index (χ4n) is 2.96. The van der Waals surface area contributed by atoms with Crippen LogP contribution in [-0.4, -0.2) is 41.6 Å². The summed E-state index contributed by atoms with van der Waals surface area (Å²) in [6.45, 7) is 0.714. The first-order valence-electron chi connectivity index (χ1n) is 7.27. The summed E-state index contributed by atoms with van der Waals surface area (Å²) in [7, 11) is 1.77. The smallest absolute Gasteiger partial charge is 0.306 e. The Hall–Kier alpha value is -2.04. The van der Waals surface area contributed by atoms with Gasteiger partial charge in [-0.25, -0.2) is 0 Å². The largest absolute Gasteiger partial charge is 0.493 e. The van der Waals surface area contributed by atoms with Crippen LogP contribution in [0.2, 0.25) is 0 Å². The van der Waals surface area contributed by atoms with Crippen molar-refractivity contribution in [2.45, 2.75) is 31.7 Å². The molecule has 1 aliphatic carbocycles. The molecule has 0 aromatic heterocycles. The second-order valence-electron chi connectivity index (χ2n) is 5.88. The third kappa shape index (κ3) is 2.73. The van der Waals surface area contributed by atoms with Crippen molar-refractivity contribution in [3.05, 3.63) is 29.3 Å². The molecule has 0 spiro atoms. The first-order valence-corrected chi connectivity index (χ1v) is 7.27. The van der Waals surface area contributed by atoms with Crippen molar-refractivity contribution < 1.29 is 19.4 Å². The highest BCUT2D eigenvalue weighted by molar-refractivity contribution is 5.79. The predicted octanol–water partition coefficient (Wildman–Crippen LogP) is 1.49. The number of nitrogens with zero attached hydrogens (tertiary/aromatic N) is 1. The first-order chi connectivity index (χ1) is 10.0. The number of hydrogen-bond donors (Lipinski definition) is 1. The molecule has 0 saturated heterocycles. The van der Waals surface area contributed by atoms with E-state index >= 15 is 0 Å². The lowest BCUT2D eigenvalue weighted by atomic mass is 9.79. The van der Waals surface area contributed by atoms with E-state index in [9.17, 15) is 9.59 Å². The van der Waals surface area contributed by atoms with E-state index in [-0.39, 0.29) is 17.9 Å². The van der Waals surface area contributed by atoms with Gasteiger partial charge in [0.05, 0.1) is 18.9 Å². The number of hydrogen-bond acceptors (Lipinski definition) is 3. The molecule has 1 N–H and O–H groups in total. The topological polar surface area (TPSA) is 66.8 Å². The SMILES string of the molecule is CN(C(=O)Cc1ccc2c(c1)CCO2)C1CC(C(=O)O)C1. The average Bonchev–Trinajstić information content (AvgIpc) is 2.83. The quantitative estimate of drug-likeness (QED) is 0.912. The lowest BCUT2D eigenvalue weighted by molar-refractivity contribution is -0.149. The van der Waals surface area contributed by atoms with Gasteiger partial charge < -0.3 is 14.7 Å². The Morgan fingerprint density at radius 1 is 1.38 bits per heavy atom. The van der Waals surface area contributed by atoms with Gasteiger partial charge in [0.2, 0.25) is 5.91 Å². The van der Waals surface area contributed by atoms with E-state index in [2.05, 4.69) is 0 Å². The maximum atomic E-state index is 12.3. The first kappa shape index (κ1) is 13.9. The monoisotopic (exact) mass is 289 g/mol. The summed E-state index contributed by atoms with van der Waals surface area (Å²) in [6.07, 6.45) is 2.39. The van der Waals surface area contributed by atoms with Crippen LogP contribution in [0.25, 0.3) is 0 Å². The van der Waals surface area contributed by atoms with Crippen LogP contribution in [0.5, 0.6) is 5.75 Å². The minimum Gasteiger partial charge on any atom is -0.493 e. The number of fused-ring (bicyclic) bond motifs is 1. The van der Waals surface area contributed by atoms with Gasteiger partial charge in [-0.3, -0.25) is 9.59 Å². The Balaban J connectivity index is 1.58. The second-order valence-corrected chi connectivity index (χ2v) is 5.88. The third-order valence-electron chi connectivity index (χ3n) is 4.51. The van der Waals surface area contributed by atoms with Crippen LogP contribution in [0.15, 0.2) is 18.2 Å². The van der Waals surface area contributed by atoms with Crippen LogP contribution in [0, 0.1) is 5.92 Å². The third-order valence-corrected chi connectivity index (χ3v) is 4.51. The Kier molecular flexibility index (Phi) is 3.57. The summed E-state index contributed by atoms with van der Waals surface area (Å²) in [6, 6.07) is 5.96. The van der Waals surface area contributed by atoms with Gasteiger partial charge in [0.15, 0.2) is 0 Å². The molecule has 1 amide bonds. The Labute approximate surface area is 123 Å². The van der Waals surface area contributed by atoms with Gasteiger partial charge in [-0.1, -0.05) is 12.1 Å². The number of benzene rings is 1. The summed E-state index contributed by atoms with van der Waals surface area (Å²) >= 11 is 0. The molecule has 2 aliphatic rings. The molecule has 21 heavy (non-hydrogen) atoms. The summed E-state index contributed by atoms with van der Waals surface area (Å²) in [5, 5.41) is 8.88. The van der Waals surface area contributed by atoms with Crippen LogP contribution >= 0.6 is 0 Å². The molecule has 0 atom stereocenters. The lowest BCUT2D eigenvalue weighted by Gasteiger charge is -2.39. The van der Waals surface area contributed by atoms with Crippen molar-refractivity contribution >= 4 is 11.9 Å². The zero-order chi connectivity index (χ0) is 15.0. The molecule has 0 radical (unpaired) electrons. The van der Waals surface area contributed by atoms with Crippen molar-refractivity contribution in [3.63, 3.8) is 0 Å². The predicted molar refractivity (Wildman–Crippen MR) is 76.3 cm³/mol. The van der Waals surface area contributed by atoms with Crippen LogP contribution < -0.4 is 4.74 Å². The Morgan fingerprint density at radius 3 is 2.86 bits per heavy atom. The van der Waals surface area contributed by atoms with Crippen molar-refractivity contribution in [2.75, 3.05) is 13.7 Å². The van der Waals surface area contributed by atoms with Crippen molar-refractivity contribution in [1.29, 1.82) is 0 Å². The van der Waals surface area contributed by atoms with Gasteiger partial charge in [0.25, 0.3) is 0 Å². The highest BCUT2D eigenvalue weighted by atomic mass is 16.5. The minimum atomic E-state index is -0.759. The fraction of sp³-hybridized carbons (Fsp3) is 0.500. The number of carbonyl (C=O) groups excluding carboxylic acids is 1. The van der Waals surface area contributed by atoms with E-state index < -0.39 is 5.97 Å². The maximum Gasteiger partial charge on any atom is 0.306 e. The zero-order valence-electron chi connectivity index (χ0n) is 12.0. The maximum absolute atomic E-state index is 12.3. The lowest BCUT2D eigenvalue weighted by Crippen LogP contribution is -2.48. The normalized spacial score (nSPS) is 22.9. The molecule has 3 rings (SSSR count). The highest BCUT2D eigenvalue weighted by Gasteiger charge is 2.38. The molecule has 1 saturated carbocycles. The van der Waals surface area contributed by atoms with E-state index in [4.69, 9.17) is 9.84 Å². The zero-order valence-corrected chi connectivity index (χ0v) is 12.0. The number of likely N-dealkylation sites (N-methyl/N-ethyl adjacent to an activating group) is 1. The summed E-state index contributed by atoms with van der Waals surface area (Å²) in [5.41, 5.74) is 2.16. The Bertz CT molecular complexity index is 578. The molecule has 1 aliphatic heterocycles. The van der Waals surface area contributed by atoms with Crippen molar-refractivity contribution in [2.24, 2.45) is 5.92 Å². The fourth-order valence-corrected chi connectivity index (χ4v) is 2.96. The van der Waals surface area contributed by atoms with Crippen LogP contribution in [-0.2, 0) is 22.4 Å². The molecule has 1 aromatic rings. The van der Waals surface area contributed by atoms with Crippen molar-refractivity contribution in [1.82, 2.24) is 4.90 Å². The van der Waals surface area contributed by atoms with Crippen LogP contribution in [0.1, 0.15) is 24.0 Å². The minimum absolute atomic E-state index is 0.0442. The Morgan fingerprint density at radius 2 is 2.14 bits per heavy atom. The van der Waals surface area contributed by atoms with Gasteiger partial charge in [0, 0.05) is 19.5 Å². The summed E-state index contributed by atoms with van der Waals surface area (Å²) < 4.78 is 5.45. The van der Waals surface area contributed by atoms with Crippen molar-refractivity contribution in [3.8, 4) is 5.75 Å². The second kappa shape index (κ2) is 5.39.